The summed E-state index contributed by atoms with van der Waals surface area (Å²) < 4.78 is 5.55. The Bertz CT molecular complexity index is 1310. The van der Waals surface area contributed by atoms with Gasteiger partial charge in [-0.25, -0.2) is 4.90 Å². The number of benzene rings is 2. The fourth-order valence-electron chi connectivity index (χ4n) is 5.64. The topological polar surface area (TPSA) is 127 Å². The number of aryl methyl sites for hydroxylation is 1. The van der Waals surface area contributed by atoms with Gasteiger partial charge >= 0.3 is 5.97 Å². The number of nitrogens with zero attached hydrogens (tertiary/aromatic N) is 3. The maximum absolute atomic E-state index is 13.1. The molecule has 3 fully saturated rings. The molecule has 1 saturated carbocycles. The number of ether oxygens (including phenoxy) is 1. The molecule has 0 spiro atoms. The minimum absolute atomic E-state index is 0.0368. The first-order chi connectivity index (χ1) is 17.6. The third-order valence-corrected chi connectivity index (χ3v) is 7.65. The molecule has 2 saturated heterocycles. The predicted molar refractivity (Wildman–Crippen MR) is 133 cm³/mol. The van der Waals surface area contributed by atoms with Crippen LogP contribution in [-0.4, -0.2) is 35.2 Å². The summed E-state index contributed by atoms with van der Waals surface area (Å²) in [6, 6.07) is 10.4. The highest BCUT2D eigenvalue weighted by Gasteiger charge is 2.50. The van der Waals surface area contributed by atoms with Crippen LogP contribution in [-0.2, 0) is 19.2 Å². The van der Waals surface area contributed by atoms with E-state index in [0.717, 1.165) is 19.3 Å². The Hall–Kier alpha value is -4.08. The summed E-state index contributed by atoms with van der Waals surface area (Å²) in [4.78, 5) is 64.5. The van der Waals surface area contributed by atoms with Crippen molar-refractivity contribution in [2.45, 2.75) is 39.5 Å². The molecule has 192 valence electrons. The van der Waals surface area contributed by atoms with E-state index in [2.05, 4.69) is 6.92 Å². The minimum atomic E-state index is -0.700. The molecule has 10 nitrogen and oxygen atoms in total. The maximum Gasteiger partial charge on any atom is 0.316 e. The van der Waals surface area contributed by atoms with Gasteiger partial charge in [0.2, 0.25) is 17.7 Å². The van der Waals surface area contributed by atoms with Crippen molar-refractivity contribution < 1.29 is 28.8 Å². The highest BCUT2D eigenvalue weighted by Crippen LogP contribution is 2.43. The van der Waals surface area contributed by atoms with Crippen molar-refractivity contribution in [3.63, 3.8) is 0 Å². The molecule has 4 atom stereocenters. The van der Waals surface area contributed by atoms with Crippen LogP contribution in [0.5, 0.6) is 5.75 Å². The molecule has 1 aliphatic carbocycles. The van der Waals surface area contributed by atoms with Gasteiger partial charge in [0.1, 0.15) is 5.75 Å². The SMILES string of the molecule is Cc1cc(OC(=O)[C@@H]2CC(=O)N(c3ccc([N+](=O)[O-])cc3)C2)ccc1N1C(=O)[C@H]2C[C@H](C)CC[C@H]2C1=O. The highest BCUT2D eigenvalue weighted by molar-refractivity contribution is 6.22. The van der Waals surface area contributed by atoms with E-state index < -0.39 is 16.8 Å². The lowest BCUT2D eigenvalue weighted by Gasteiger charge is -2.25. The molecule has 37 heavy (non-hydrogen) atoms. The third kappa shape index (κ3) is 4.47. The molecule has 3 amide bonds. The number of non-ortho nitro benzene ring substituents is 1. The number of hydrogen-bond donors (Lipinski definition) is 0. The number of carbonyl (C=O) groups excluding carboxylic acids is 4. The molecular weight excluding hydrogens is 478 g/mol. The van der Waals surface area contributed by atoms with Crippen molar-refractivity contribution in [3.8, 4) is 5.75 Å². The average molecular weight is 506 g/mol. The molecule has 0 unspecified atom stereocenters. The van der Waals surface area contributed by atoms with Crippen LogP contribution in [0, 0.1) is 40.7 Å². The molecule has 2 aromatic carbocycles. The number of anilines is 2. The quantitative estimate of drug-likeness (QED) is 0.199. The number of hydrogen-bond acceptors (Lipinski definition) is 7. The third-order valence-electron chi connectivity index (χ3n) is 7.65. The summed E-state index contributed by atoms with van der Waals surface area (Å²) in [5, 5.41) is 10.9. The summed E-state index contributed by atoms with van der Waals surface area (Å²) in [5.41, 5.74) is 1.52. The molecule has 3 aliphatic rings. The van der Waals surface area contributed by atoms with E-state index in [0.29, 0.717) is 22.9 Å². The Kier molecular flexibility index (Phi) is 6.26. The van der Waals surface area contributed by atoms with Crippen LogP contribution >= 0.6 is 0 Å². The van der Waals surface area contributed by atoms with Crippen LogP contribution in [0.25, 0.3) is 0 Å². The molecule has 2 heterocycles. The Morgan fingerprint density at radius 1 is 1.03 bits per heavy atom. The fraction of sp³-hybridized carbons (Fsp3) is 0.407. The van der Waals surface area contributed by atoms with Crippen LogP contribution in [0.3, 0.4) is 0 Å². The standard InChI is InChI=1S/C27H27N3O7/c1-15-3-9-21-22(11-15)26(33)29(25(21)32)23-10-8-20(12-16(23)2)37-27(34)17-13-24(31)28(14-17)18-4-6-19(7-5-18)30(35)36/h4-8,10,12,15,17,21-22H,3,9,11,13-14H2,1-2H3/t15-,17-,21-,22+/m1/s1. The smallest absolute Gasteiger partial charge is 0.316 e. The van der Waals surface area contributed by atoms with Crippen LogP contribution in [0.2, 0.25) is 0 Å². The molecule has 2 aromatic rings. The Balaban J connectivity index is 1.26. The van der Waals surface area contributed by atoms with Gasteiger partial charge in [-0.2, -0.15) is 0 Å². The van der Waals surface area contributed by atoms with Crippen molar-refractivity contribution in [2.24, 2.45) is 23.7 Å². The summed E-state index contributed by atoms with van der Waals surface area (Å²) in [6.07, 6.45) is 2.34. The first-order valence-electron chi connectivity index (χ1n) is 12.4. The second-order valence-corrected chi connectivity index (χ2v) is 10.2. The average Bonchev–Trinajstić information content (AvgIpc) is 3.37. The molecule has 0 aromatic heterocycles. The van der Waals surface area contributed by atoms with Crippen molar-refractivity contribution in [3.05, 3.63) is 58.1 Å². The molecule has 0 bridgehead atoms. The zero-order chi connectivity index (χ0) is 26.4. The van der Waals surface area contributed by atoms with Gasteiger partial charge in [0, 0.05) is 30.8 Å². The van der Waals surface area contributed by atoms with Crippen molar-refractivity contribution in [1.82, 2.24) is 0 Å². The van der Waals surface area contributed by atoms with Crippen molar-refractivity contribution >= 4 is 40.8 Å². The molecule has 5 rings (SSSR count). The van der Waals surface area contributed by atoms with Gasteiger partial charge < -0.3 is 9.64 Å². The van der Waals surface area contributed by atoms with E-state index in [1.54, 1.807) is 25.1 Å². The molecular formula is C27H27N3O7. The zero-order valence-corrected chi connectivity index (χ0v) is 20.6. The fourth-order valence-corrected chi connectivity index (χ4v) is 5.64. The van der Waals surface area contributed by atoms with Crippen molar-refractivity contribution in [2.75, 3.05) is 16.3 Å². The van der Waals surface area contributed by atoms with Crippen LogP contribution < -0.4 is 14.5 Å². The summed E-state index contributed by atoms with van der Waals surface area (Å²) in [7, 11) is 0. The summed E-state index contributed by atoms with van der Waals surface area (Å²) in [6.45, 7) is 3.96. The van der Waals surface area contributed by atoms with E-state index in [1.165, 1.54) is 34.1 Å². The lowest BCUT2D eigenvalue weighted by atomic mass is 9.76. The number of esters is 1. The van der Waals surface area contributed by atoms with Crippen LogP contribution in [0.15, 0.2) is 42.5 Å². The number of fused-ring (bicyclic) bond motifs is 1. The number of imide groups is 1. The van der Waals surface area contributed by atoms with E-state index in [-0.39, 0.29) is 54.0 Å². The van der Waals surface area contributed by atoms with Gasteiger partial charge in [-0.3, -0.25) is 29.3 Å². The van der Waals surface area contributed by atoms with Crippen molar-refractivity contribution in [1.29, 1.82) is 0 Å². The molecule has 0 radical (unpaired) electrons. The van der Waals surface area contributed by atoms with E-state index in [9.17, 15) is 29.3 Å². The van der Waals surface area contributed by atoms with Gasteiger partial charge in [0.15, 0.2) is 0 Å². The van der Waals surface area contributed by atoms with E-state index >= 15 is 0 Å². The number of carbonyl (C=O) groups is 4. The molecule has 0 N–H and O–H groups in total. The van der Waals surface area contributed by atoms with Gasteiger partial charge in [-0.15, -0.1) is 0 Å². The van der Waals surface area contributed by atoms with E-state index in [4.69, 9.17) is 4.74 Å². The summed E-state index contributed by atoms with van der Waals surface area (Å²) >= 11 is 0. The van der Waals surface area contributed by atoms with Crippen LogP contribution in [0.4, 0.5) is 17.1 Å². The van der Waals surface area contributed by atoms with Gasteiger partial charge in [0.25, 0.3) is 5.69 Å². The monoisotopic (exact) mass is 505 g/mol. The largest absolute Gasteiger partial charge is 0.426 e. The number of nitro groups is 1. The maximum atomic E-state index is 13.1. The Morgan fingerprint density at radius 2 is 1.73 bits per heavy atom. The van der Waals surface area contributed by atoms with Gasteiger partial charge in [0.05, 0.1) is 28.4 Å². The zero-order valence-electron chi connectivity index (χ0n) is 20.6. The lowest BCUT2D eigenvalue weighted by molar-refractivity contribution is -0.384. The van der Waals surface area contributed by atoms with Crippen LogP contribution in [0.1, 0.15) is 38.2 Å². The lowest BCUT2D eigenvalue weighted by Crippen LogP contribution is -2.31. The molecule has 2 aliphatic heterocycles. The number of amides is 3. The Labute approximate surface area is 213 Å². The normalized spacial score (nSPS) is 25.4. The second-order valence-electron chi connectivity index (χ2n) is 10.2. The van der Waals surface area contributed by atoms with Gasteiger partial charge in [-0.05, 0) is 68.0 Å². The molecule has 10 heteroatoms. The second kappa shape index (κ2) is 9.42. The van der Waals surface area contributed by atoms with E-state index in [1.807, 2.05) is 0 Å². The minimum Gasteiger partial charge on any atom is -0.426 e. The van der Waals surface area contributed by atoms with Gasteiger partial charge in [-0.1, -0.05) is 6.92 Å². The summed E-state index contributed by atoms with van der Waals surface area (Å²) in [5.74, 6) is -1.73. The predicted octanol–water partition coefficient (Wildman–Crippen LogP) is 3.79. The number of nitro benzene ring substituents is 1. The first kappa shape index (κ1) is 24.6. The highest BCUT2D eigenvalue weighted by atomic mass is 16.6. The number of rotatable bonds is 5. The first-order valence-corrected chi connectivity index (χ1v) is 12.4. The Morgan fingerprint density at radius 3 is 2.41 bits per heavy atom.